The van der Waals surface area contributed by atoms with E-state index in [1.165, 1.54) is 0 Å². The van der Waals surface area contributed by atoms with E-state index in [1.54, 1.807) is 14.2 Å². The second-order valence-corrected chi connectivity index (χ2v) is 6.37. The van der Waals surface area contributed by atoms with Gasteiger partial charge >= 0.3 is 11.3 Å². The zero-order chi connectivity index (χ0) is 19.3. The number of benzene rings is 3. The normalized spacial score (nSPS) is 11.4. The van der Waals surface area contributed by atoms with Gasteiger partial charge in [-0.2, -0.15) is 0 Å². The monoisotopic (exact) mass is 369 g/mol. The van der Waals surface area contributed by atoms with Crippen LogP contribution in [0.5, 0.6) is 11.5 Å². The first kappa shape index (κ1) is 17.8. The lowest BCUT2D eigenvalue weighted by Gasteiger charge is -2.08. The molecule has 28 heavy (non-hydrogen) atoms. The molecule has 1 aromatic heterocycles. The maximum atomic E-state index is 6.14. The van der Waals surface area contributed by atoms with Crippen LogP contribution in [0.2, 0.25) is 0 Å². The Labute approximate surface area is 164 Å². The Morgan fingerprint density at radius 3 is 2.14 bits per heavy atom. The summed E-state index contributed by atoms with van der Waals surface area (Å²) in [6, 6.07) is 28.1. The number of ether oxygens (including phenoxy) is 2. The Morgan fingerprint density at radius 2 is 1.43 bits per heavy atom. The molecule has 3 aromatic carbocycles. The summed E-state index contributed by atoms with van der Waals surface area (Å²) in [6.45, 7) is 0. The van der Waals surface area contributed by atoms with Crippen molar-refractivity contribution in [2.24, 2.45) is 0 Å². The predicted molar refractivity (Wildman–Crippen MR) is 114 cm³/mol. The fraction of sp³-hybridized carbons (Fsp3) is 0.0800. The molecule has 4 aromatic rings. The van der Waals surface area contributed by atoms with Crippen molar-refractivity contribution in [2.45, 2.75) is 0 Å². The van der Waals surface area contributed by atoms with Crippen LogP contribution in [-0.4, -0.2) is 14.2 Å². The van der Waals surface area contributed by atoms with Crippen molar-refractivity contribution in [3.63, 3.8) is 0 Å². The van der Waals surface area contributed by atoms with Crippen LogP contribution in [-0.2, 0) is 0 Å². The Bertz CT molecular complexity index is 1110. The van der Waals surface area contributed by atoms with Gasteiger partial charge in [-0.1, -0.05) is 54.6 Å². The molecular formula is C25H21O3+. The van der Waals surface area contributed by atoms with Gasteiger partial charge < -0.3 is 9.47 Å². The molecule has 0 saturated carbocycles. The molecule has 0 radical (unpaired) electrons. The molecular weight excluding hydrogens is 348 g/mol. The van der Waals surface area contributed by atoms with Crippen LogP contribution < -0.4 is 9.47 Å². The highest BCUT2D eigenvalue weighted by molar-refractivity contribution is 5.92. The van der Waals surface area contributed by atoms with Crippen molar-refractivity contribution in [2.75, 3.05) is 14.2 Å². The molecule has 0 aliphatic rings. The second kappa shape index (κ2) is 7.97. The van der Waals surface area contributed by atoms with Crippen molar-refractivity contribution in [1.29, 1.82) is 0 Å². The predicted octanol–water partition coefficient (Wildman–Crippen LogP) is 6.32. The first-order chi connectivity index (χ1) is 13.8. The standard InChI is InChI=1S/C25H21O3/c1-26-20-14-12-19(13-15-20)23(18-8-4-3-5-9-18)16-21-17-25(27-2)22-10-6-7-11-24(22)28-21/h3-17H,1-2H3/q+1. The highest BCUT2D eigenvalue weighted by atomic mass is 16.5. The average molecular weight is 369 g/mol. The summed E-state index contributed by atoms with van der Waals surface area (Å²) in [5.41, 5.74) is 4.03. The molecule has 0 aliphatic heterocycles. The molecule has 0 aliphatic carbocycles. The summed E-state index contributed by atoms with van der Waals surface area (Å²) in [7, 11) is 3.35. The van der Waals surface area contributed by atoms with Gasteiger partial charge in [0.1, 0.15) is 16.9 Å². The molecule has 138 valence electrons. The number of hydrogen-bond acceptors (Lipinski definition) is 2. The van der Waals surface area contributed by atoms with Gasteiger partial charge in [0.2, 0.25) is 0 Å². The minimum absolute atomic E-state index is 0.727. The molecule has 0 spiro atoms. The van der Waals surface area contributed by atoms with Crippen LogP contribution in [0.15, 0.2) is 89.3 Å². The lowest BCUT2D eigenvalue weighted by molar-refractivity contribution is 0.415. The lowest BCUT2D eigenvalue weighted by atomic mass is 9.97. The Balaban J connectivity index is 1.89. The first-order valence-electron chi connectivity index (χ1n) is 9.10. The minimum atomic E-state index is 0.727. The van der Waals surface area contributed by atoms with Crippen LogP contribution in [0.25, 0.3) is 22.6 Å². The summed E-state index contributed by atoms with van der Waals surface area (Å²) >= 11 is 0. The fourth-order valence-electron chi connectivity index (χ4n) is 3.23. The first-order valence-corrected chi connectivity index (χ1v) is 9.10. The molecule has 3 heteroatoms. The maximum Gasteiger partial charge on any atom is 0.364 e. The Morgan fingerprint density at radius 1 is 0.750 bits per heavy atom. The van der Waals surface area contributed by atoms with Crippen LogP contribution in [0.1, 0.15) is 16.9 Å². The van der Waals surface area contributed by atoms with E-state index < -0.39 is 0 Å². The van der Waals surface area contributed by atoms with E-state index in [1.807, 2.05) is 66.7 Å². The fourth-order valence-corrected chi connectivity index (χ4v) is 3.23. The van der Waals surface area contributed by atoms with Gasteiger partial charge in [0.15, 0.2) is 0 Å². The summed E-state index contributed by atoms with van der Waals surface area (Å²) < 4.78 is 17.0. The van der Waals surface area contributed by atoms with Gasteiger partial charge in [-0.15, -0.1) is 0 Å². The van der Waals surface area contributed by atoms with Crippen molar-refractivity contribution < 1.29 is 13.9 Å². The van der Waals surface area contributed by atoms with E-state index in [9.17, 15) is 0 Å². The summed E-state index contributed by atoms with van der Waals surface area (Å²) in [5, 5.41) is 0.952. The quantitative estimate of drug-likeness (QED) is 0.386. The molecule has 0 bridgehead atoms. The molecule has 0 atom stereocenters. The minimum Gasteiger partial charge on any atom is -0.497 e. The van der Waals surface area contributed by atoms with E-state index in [2.05, 4.69) is 24.3 Å². The van der Waals surface area contributed by atoms with Crippen molar-refractivity contribution in [1.82, 2.24) is 0 Å². The number of para-hydroxylation sites is 1. The highest BCUT2D eigenvalue weighted by Crippen LogP contribution is 2.32. The molecule has 0 saturated heterocycles. The number of methoxy groups -OCH3 is 2. The van der Waals surface area contributed by atoms with E-state index in [-0.39, 0.29) is 0 Å². The molecule has 4 rings (SSSR count). The summed E-state index contributed by atoms with van der Waals surface area (Å²) in [5.74, 6) is 2.34. The van der Waals surface area contributed by atoms with Crippen LogP contribution >= 0.6 is 0 Å². The third kappa shape index (κ3) is 3.60. The zero-order valence-corrected chi connectivity index (χ0v) is 15.9. The third-order valence-electron chi connectivity index (χ3n) is 4.65. The van der Waals surface area contributed by atoms with Crippen LogP contribution in [0, 0.1) is 0 Å². The average Bonchev–Trinajstić information content (AvgIpc) is 2.77. The van der Waals surface area contributed by atoms with Crippen LogP contribution in [0.4, 0.5) is 0 Å². The number of hydrogen-bond donors (Lipinski definition) is 0. The number of fused-ring (bicyclic) bond motifs is 1. The summed E-state index contributed by atoms with van der Waals surface area (Å²) in [4.78, 5) is 0. The van der Waals surface area contributed by atoms with E-state index in [4.69, 9.17) is 13.9 Å². The van der Waals surface area contributed by atoms with Crippen molar-refractivity contribution in [3.8, 4) is 11.5 Å². The van der Waals surface area contributed by atoms with Gasteiger partial charge in [-0.25, -0.2) is 4.42 Å². The van der Waals surface area contributed by atoms with Crippen molar-refractivity contribution in [3.05, 3.63) is 102 Å². The van der Waals surface area contributed by atoms with Gasteiger partial charge in [-0.3, -0.25) is 0 Å². The summed E-state index contributed by atoms with van der Waals surface area (Å²) in [6.07, 6.45) is 2.05. The van der Waals surface area contributed by atoms with E-state index >= 15 is 0 Å². The van der Waals surface area contributed by atoms with E-state index in [0.717, 1.165) is 44.9 Å². The molecule has 0 amide bonds. The van der Waals surface area contributed by atoms with Crippen molar-refractivity contribution >= 4 is 22.6 Å². The topological polar surface area (TPSA) is 29.8 Å². The van der Waals surface area contributed by atoms with Gasteiger partial charge in [-0.05, 0) is 34.9 Å². The third-order valence-corrected chi connectivity index (χ3v) is 4.65. The van der Waals surface area contributed by atoms with Gasteiger partial charge in [0, 0.05) is 6.07 Å². The lowest BCUT2D eigenvalue weighted by Crippen LogP contribution is -1.91. The largest absolute Gasteiger partial charge is 0.497 e. The van der Waals surface area contributed by atoms with Gasteiger partial charge in [0.05, 0.1) is 26.4 Å². The maximum absolute atomic E-state index is 6.14. The number of rotatable bonds is 5. The smallest absolute Gasteiger partial charge is 0.364 e. The zero-order valence-electron chi connectivity index (χ0n) is 15.9. The molecule has 1 heterocycles. The molecule has 0 N–H and O–H groups in total. The van der Waals surface area contributed by atoms with E-state index in [0.29, 0.717) is 0 Å². The highest BCUT2D eigenvalue weighted by Gasteiger charge is 2.17. The Kier molecular flexibility index (Phi) is 5.07. The molecule has 3 nitrogen and oxygen atoms in total. The molecule has 0 fully saturated rings. The van der Waals surface area contributed by atoms with Crippen LogP contribution in [0.3, 0.4) is 0 Å². The molecule has 0 unspecified atom stereocenters. The Hall–Kier alpha value is -3.59. The SMILES string of the molecule is COc1ccc(C(=Cc2cc(OC)c3ccccc3[o+]2)c2ccccc2)cc1. The second-order valence-electron chi connectivity index (χ2n) is 6.37. The van der Waals surface area contributed by atoms with Gasteiger partial charge in [0.25, 0.3) is 0 Å².